The Kier molecular flexibility index (Phi) is 5.92. The van der Waals surface area contributed by atoms with E-state index in [0.29, 0.717) is 18.5 Å². The van der Waals surface area contributed by atoms with Crippen LogP contribution in [0.4, 0.5) is 0 Å². The Morgan fingerprint density at radius 1 is 0.913 bits per heavy atom. The number of rotatable bonds is 7. The summed E-state index contributed by atoms with van der Waals surface area (Å²) in [5.41, 5.74) is 9.07. The molecule has 120 valence electrons. The highest BCUT2D eigenvalue weighted by Crippen LogP contribution is 2.08. The van der Waals surface area contributed by atoms with E-state index in [0.717, 1.165) is 18.4 Å². The van der Waals surface area contributed by atoms with Crippen LogP contribution in [0.2, 0.25) is 0 Å². The average molecular weight is 310 g/mol. The van der Waals surface area contributed by atoms with Crippen molar-refractivity contribution < 1.29 is 9.59 Å². The number of hydrogen-bond acceptors (Lipinski definition) is 2. The van der Waals surface area contributed by atoms with Gasteiger partial charge >= 0.3 is 0 Å². The maximum atomic E-state index is 11.9. The lowest BCUT2D eigenvalue weighted by molar-refractivity contribution is -0.121. The van der Waals surface area contributed by atoms with E-state index in [9.17, 15) is 9.59 Å². The lowest BCUT2D eigenvalue weighted by atomic mass is 10.1. The molecule has 0 bridgehead atoms. The Morgan fingerprint density at radius 2 is 1.48 bits per heavy atom. The molecule has 3 N–H and O–H groups in total. The largest absolute Gasteiger partial charge is 0.366 e. The maximum Gasteiger partial charge on any atom is 0.248 e. The molecule has 23 heavy (non-hydrogen) atoms. The number of nitrogens with one attached hydrogen (secondary N) is 1. The van der Waals surface area contributed by atoms with Crippen LogP contribution in [0.1, 0.15) is 40.4 Å². The van der Waals surface area contributed by atoms with Gasteiger partial charge in [-0.1, -0.05) is 43.3 Å². The molecule has 0 aromatic heterocycles. The van der Waals surface area contributed by atoms with Crippen molar-refractivity contribution in [2.45, 2.75) is 32.7 Å². The number of carbonyl (C=O) groups excluding carboxylic acids is 2. The second kappa shape index (κ2) is 8.13. The number of amides is 2. The van der Waals surface area contributed by atoms with Gasteiger partial charge in [0.2, 0.25) is 11.8 Å². The molecule has 4 nitrogen and oxygen atoms in total. The summed E-state index contributed by atoms with van der Waals surface area (Å²) >= 11 is 0. The summed E-state index contributed by atoms with van der Waals surface area (Å²) in [6, 6.07) is 15.3. The number of aryl methyl sites for hydroxylation is 2. The fourth-order valence-corrected chi connectivity index (χ4v) is 2.28. The molecule has 0 saturated heterocycles. The summed E-state index contributed by atoms with van der Waals surface area (Å²) in [5.74, 6) is -0.432. The topological polar surface area (TPSA) is 72.2 Å². The van der Waals surface area contributed by atoms with Crippen LogP contribution in [-0.2, 0) is 24.2 Å². The van der Waals surface area contributed by atoms with Crippen LogP contribution < -0.4 is 11.1 Å². The van der Waals surface area contributed by atoms with Gasteiger partial charge in [0.1, 0.15) is 0 Å². The van der Waals surface area contributed by atoms with E-state index in [1.807, 2.05) is 0 Å². The van der Waals surface area contributed by atoms with E-state index < -0.39 is 5.91 Å². The van der Waals surface area contributed by atoms with E-state index in [2.05, 4.69) is 36.5 Å². The molecule has 0 aliphatic carbocycles. The van der Waals surface area contributed by atoms with E-state index in [-0.39, 0.29) is 5.91 Å². The van der Waals surface area contributed by atoms with Crippen molar-refractivity contribution in [1.29, 1.82) is 0 Å². The molecule has 4 heteroatoms. The third-order valence-electron chi connectivity index (χ3n) is 3.80. The maximum absolute atomic E-state index is 11.9. The normalized spacial score (nSPS) is 10.3. The lowest BCUT2D eigenvalue weighted by Gasteiger charge is -2.06. The van der Waals surface area contributed by atoms with Crippen LogP contribution in [0.3, 0.4) is 0 Å². The standard InChI is InChI=1S/C19H22N2O2/c1-2-14-3-5-15(6-4-14)9-12-18(22)21-13-16-7-10-17(11-8-16)19(20)23/h3-8,10-11H,2,9,12-13H2,1H3,(H2,20,23)(H,21,22). The van der Waals surface area contributed by atoms with Crippen molar-refractivity contribution in [2.75, 3.05) is 0 Å². The van der Waals surface area contributed by atoms with Gasteiger partial charge in [-0.05, 0) is 41.7 Å². The molecule has 0 radical (unpaired) electrons. The number of nitrogens with two attached hydrogens (primary N) is 1. The molecule has 0 spiro atoms. The SMILES string of the molecule is CCc1ccc(CCC(=O)NCc2ccc(C(N)=O)cc2)cc1. The van der Waals surface area contributed by atoms with Crippen LogP contribution in [0, 0.1) is 0 Å². The summed E-state index contributed by atoms with van der Waals surface area (Å²) in [4.78, 5) is 22.9. The van der Waals surface area contributed by atoms with Crippen molar-refractivity contribution >= 4 is 11.8 Å². The molecule has 0 aliphatic heterocycles. The third-order valence-corrected chi connectivity index (χ3v) is 3.80. The molecule has 2 aromatic carbocycles. The first-order valence-corrected chi connectivity index (χ1v) is 7.81. The van der Waals surface area contributed by atoms with Crippen molar-refractivity contribution in [3.05, 3.63) is 70.8 Å². The molecule has 2 aromatic rings. The monoisotopic (exact) mass is 310 g/mol. The first-order valence-electron chi connectivity index (χ1n) is 7.81. The van der Waals surface area contributed by atoms with Crippen LogP contribution >= 0.6 is 0 Å². The fraction of sp³-hybridized carbons (Fsp3) is 0.263. The minimum absolute atomic E-state index is 0.0172. The number of hydrogen-bond donors (Lipinski definition) is 2. The van der Waals surface area contributed by atoms with Gasteiger partial charge in [0.25, 0.3) is 0 Å². The third kappa shape index (κ3) is 5.25. The molecule has 0 aliphatic rings. The predicted octanol–water partition coefficient (Wildman–Crippen LogP) is 2.60. The molecule has 0 saturated carbocycles. The van der Waals surface area contributed by atoms with Crippen LogP contribution in [-0.4, -0.2) is 11.8 Å². The summed E-state index contributed by atoms with van der Waals surface area (Å²) in [5, 5.41) is 2.89. The van der Waals surface area contributed by atoms with E-state index in [4.69, 9.17) is 5.73 Å². The number of benzene rings is 2. The minimum atomic E-state index is -0.449. The molecule has 0 atom stereocenters. The zero-order valence-electron chi connectivity index (χ0n) is 13.3. The highest BCUT2D eigenvalue weighted by Gasteiger charge is 2.04. The molecular weight excluding hydrogens is 288 g/mol. The summed E-state index contributed by atoms with van der Waals surface area (Å²) in [7, 11) is 0. The summed E-state index contributed by atoms with van der Waals surface area (Å²) < 4.78 is 0. The second-order valence-electron chi connectivity index (χ2n) is 5.51. The average Bonchev–Trinajstić information content (AvgIpc) is 2.59. The fourth-order valence-electron chi connectivity index (χ4n) is 2.28. The van der Waals surface area contributed by atoms with Crippen LogP contribution in [0.25, 0.3) is 0 Å². The second-order valence-corrected chi connectivity index (χ2v) is 5.51. The van der Waals surface area contributed by atoms with Crippen molar-refractivity contribution in [1.82, 2.24) is 5.32 Å². The van der Waals surface area contributed by atoms with E-state index >= 15 is 0 Å². The smallest absolute Gasteiger partial charge is 0.248 e. The summed E-state index contributed by atoms with van der Waals surface area (Å²) in [6.07, 6.45) is 2.22. The Bertz CT molecular complexity index is 661. The van der Waals surface area contributed by atoms with Crippen molar-refractivity contribution in [3.63, 3.8) is 0 Å². The number of primary amides is 1. The summed E-state index contributed by atoms with van der Waals surface area (Å²) in [6.45, 7) is 2.57. The van der Waals surface area contributed by atoms with Crippen molar-refractivity contribution in [3.8, 4) is 0 Å². The molecule has 2 amide bonds. The van der Waals surface area contributed by atoms with E-state index in [1.54, 1.807) is 24.3 Å². The van der Waals surface area contributed by atoms with E-state index in [1.165, 1.54) is 11.1 Å². The Labute approximate surface area is 136 Å². The zero-order chi connectivity index (χ0) is 16.7. The minimum Gasteiger partial charge on any atom is -0.366 e. The first-order chi connectivity index (χ1) is 11.1. The van der Waals surface area contributed by atoms with Gasteiger partial charge < -0.3 is 11.1 Å². The molecule has 2 rings (SSSR count). The van der Waals surface area contributed by atoms with Gasteiger partial charge in [0, 0.05) is 18.5 Å². The Hall–Kier alpha value is -2.62. The number of carbonyl (C=O) groups is 2. The van der Waals surface area contributed by atoms with Gasteiger partial charge in [0.15, 0.2) is 0 Å². The van der Waals surface area contributed by atoms with Gasteiger partial charge in [-0.25, -0.2) is 0 Å². The highest BCUT2D eigenvalue weighted by molar-refractivity contribution is 5.92. The van der Waals surface area contributed by atoms with Crippen LogP contribution in [0.5, 0.6) is 0 Å². The highest BCUT2D eigenvalue weighted by atomic mass is 16.1. The molecule has 0 fully saturated rings. The van der Waals surface area contributed by atoms with Gasteiger partial charge in [-0.3, -0.25) is 9.59 Å². The Balaban J connectivity index is 1.77. The zero-order valence-corrected chi connectivity index (χ0v) is 13.3. The lowest BCUT2D eigenvalue weighted by Crippen LogP contribution is -2.23. The molecule has 0 heterocycles. The van der Waals surface area contributed by atoms with Crippen molar-refractivity contribution in [2.24, 2.45) is 5.73 Å². The molecular formula is C19H22N2O2. The van der Waals surface area contributed by atoms with Crippen LogP contribution in [0.15, 0.2) is 48.5 Å². The Morgan fingerprint density at radius 3 is 2.04 bits per heavy atom. The van der Waals surface area contributed by atoms with Gasteiger partial charge in [0.05, 0.1) is 0 Å². The quantitative estimate of drug-likeness (QED) is 0.825. The molecule has 0 unspecified atom stereocenters. The predicted molar refractivity (Wildman–Crippen MR) is 90.9 cm³/mol. The first kappa shape index (κ1) is 16.7. The van der Waals surface area contributed by atoms with Gasteiger partial charge in [-0.15, -0.1) is 0 Å². The van der Waals surface area contributed by atoms with Gasteiger partial charge in [-0.2, -0.15) is 0 Å².